The molecule has 1 saturated heterocycles. The van der Waals surface area contributed by atoms with Gasteiger partial charge in [0.2, 0.25) is 0 Å². The van der Waals surface area contributed by atoms with E-state index < -0.39 is 12.2 Å². The van der Waals surface area contributed by atoms with Gasteiger partial charge in [-0.2, -0.15) is 0 Å². The van der Waals surface area contributed by atoms with Crippen molar-refractivity contribution in [2.75, 3.05) is 6.54 Å². The molecule has 0 amide bonds. The molecule has 0 aromatic carbocycles. The molecule has 0 spiro atoms. The molecule has 4 heteroatoms. The summed E-state index contributed by atoms with van der Waals surface area (Å²) >= 11 is 0. The molecule has 0 saturated carbocycles. The molecular weight excluding hydrogens is 132 g/mol. The summed E-state index contributed by atoms with van der Waals surface area (Å²) in [6.07, 6.45) is -1.38. The Morgan fingerprint density at radius 2 is 2.00 bits per heavy atom. The molecule has 1 fully saturated rings. The first-order valence-corrected chi connectivity index (χ1v) is 3.49. The smallest absolute Gasteiger partial charge is 0.0979 e. The monoisotopic (exact) mass is 146 g/mol. The zero-order valence-corrected chi connectivity index (χ0v) is 5.99. The maximum Gasteiger partial charge on any atom is 0.0979 e. The number of hydrogen-bond donors (Lipinski definition) is 4. The minimum absolute atomic E-state index is 0.0523. The molecule has 60 valence electrons. The van der Waals surface area contributed by atoms with Crippen LogP contribution in [0.1, 0.15) is 6.92 Å². The second-order valence-electron chi connectivity index (χ2n) is 2.78. The van der Waals surface area contributed by atoms with Gasteiger partial charge in [0.1, 0.15) is 0 Å². The van der Waals surface area contributed by atoms with Gasteiger partial charge in [-0.25, -0.2) is 0 Å². The first kappa shape index (κ1) is 7.94. The standard InChI is InChI=1S/C6H14N2O2/c1-3-5(9)6(10)4(2-7)8-3/h3-6,8-10H,2,7H2,1H3/t3-,4+,5-,6+/m1/s1. The fourth-order valence-electron chi connectivity index (χ4n) is 1.28. The summed E-state index contributed by atoms with van der Waals surface area (Å²) in [6, 6.07) is -0.200. The molecule has 4 nitrogen and oxygen atoms in total. The number of aliphatic hydroxyl groups excluding tert-OH is 2. The lowest BCUT2D eigenvalue weighted by molar-refractivity contribution is 0.0315. The van der Waals surface area contributed by atoms with Crippen molar-refractivity contribution in [3.63, 3.8) is 0 Å². The summed E-state index contributed by atoms with van der Waals surface area (Å²) < 4.78 is 0. The molecule has 10 heavy (non-hydrogen) atoms. The van der Waals surface area contributed by atoms with Gasteiger partial charge in [0.25, 0.3) is 0 Å². The topological polar surface area (TPSA) is 78.5 Å². The Morgan fingerprint density at radius 3 is 2.20 bits per heavy atom. The van der Waals surface area contributed by atoms with Gasteiger partial charge in [-0.15, -0.1) is 0 Å². The Morgan fingerprint density at radius 1 is 1.40 bits per heavy atom. The molecule has 0 aromatic heterocycles. The van der Waals surface area contributed by atoms with Gasteiger partial charge in [-0.1, -0.05) is 0 Å². The second kappa shape index (κ2) is 2.84. The normalized spacial score (nSPS) is 48.0. The Hall–Kier alpha value is -0.160. The van der Waals surface area contributed by atoms with Gasteiger partial charge in [0.05, 0.1) is 12.2 Å². The van der Waals surface area contributed by atoms with Crippen LogP contribution < -0.4 is 11.1 Å². The van der Waals surface area contributed by atoms with Gasteiger partial charge >= 0.3 is 0 Å². The highest BCUT2D eigenvalue weighted by molar-refractivity contribution is 4.96. The van der Waals surface area contributed by atoms with Crippen LogP contribution in [0.3, 0.4) is 0 Å². The van der Waals surface area contributed by atoms with Crippen molar-refractivity contribution in [1.82, 2.24) is 5.32 Å². The van der Waals surface area contributed by atoms with Crippen LogP contribution in [0.25, 0.3) is 0 Å². The summed E-state index contributed by atoms with van der Waals surface area (Å²) in [6.45, 7) is 2.19. The minimum atomic E-state index is -0.708. The summed E-state index contributed by atoms with van der Waals surface area (Å²) in [4.78, 5) is 0. The van der Waals surface area contributed by atoms with Gasteiger partial charge in [-0.3, -0.25) is 0 Å². The van der Waals surface area contributed by atoms with E-state index in [1.54, 1.807) is 0 Å². The first-order valence-electron chi connectivity index (χ1n) is 3.49. The highest BCUT2D eigenvalue weighted by Gasteiger charge is 2.37. The van der Waals surface area contributed by atoms with Crippen molar-refractivity contribution in [3.05, 3.63) is 0 Å². The second-order valence-corrected chi connectivity index (χ2v) is 2.78. The number of rotatable bonds is 1. The van der Waals surface area contributed by atoms with Crippen LogP contribution in [-0.4, -0.2) is 41.0 Å². The predicted molar refractivity (Wildman–Crippen MR) is 37.5 cm³/mol. The Bertz CT molecular complexity index is 120. The highest BCUT2D eigenvalue weighted by atomic mass is 16.3. The van der Waals surface area contributed by atoms with Crippen LogP contribution in [0.2, 0.25) is 0 Å². The third kappa shape index (κ3) is 1.15. The van der Waals surface area contributed by atoms with Gasteiger partial charge < -0.3 is 21.3 Å². The lowest BCUT2D eigenvalue weighted by atomic mass is 10.1. The van der Waals surface area contributed by atoms with Crippen LogP contribution in [0, 0.1) is 0 Å². The molecule has 4 atom stereocenters. The lowest BCUT2D eigenvalue weighted by Crippen LogP contribution is -2.39. The van der Waals surface area contributed by atoms with E-state index in [2.05, 4.69) is 5.32 Å². The third-order valence-electron chi connectivity index (χ3n) is 2.01. The largest absolute Gasteiger partial charge is 0.389 e. The minimum Gasteiger partial charge on any atom is -0.389 e. The first-order chi connectivity index (χ1) is 4.66. The molecule has 0 aromatic rings. The summed E-state index contributed by atoms with van der Waals surface area (Å²) in [5.74, 6) is 0. The highest BCUT2D eigenvalue weighted by Crippen LogP contribution is 2.12. The van der Waals surface area contributed by atoms with Crippen LogP contribution in [-0.2, 0) is 0 Å². The summed E-state index contributed by atoms with van der Waals surface area (Å²) in [7, 11) is 0. The van der Waals surface area contributed by atoms with E-state index in [4.69, 9.17) is 5.73 Å². The summed E-state index contributed by atoms with van der Waals surface area (Å²) in [5, 5.41) is 21.4. The molecule has 0 bridgehead atoms. The number of nitrogens with two attached hydrogens (primary N) is 1. The van der Waals surface area contributed by atoms with Crippen molar-refractivity contribution in [2.45, 2.75) is 31.2 Å². The maximum atomic E-state index is 9.24. The number of aliphatic hydroxyl groups is 2. The lowest BCUT2D eigenvalue weighted by Gasteiger charge is -2.12. The van der Waals surface area contributed by atoms with E-state index in [9.17, 15) is 10.2 Å². The van der Waals surface area contributed by atoms with Crippen LogP contribution in [0.5, 0.6) is 0 Å². The molecule has 1 aliphatic heterocycles. The molecular formula is C6H14N2O2. The molecule has 1 aliphatic rings. The molecule has 0 radical (unpaired) electrons. The fourth-order valence-corrected chi connectivity index (χ4v) is 1.28. The van der Waals surface area contributed by atoms with Crippen molar-refractivity contribution < 1.29 is 10.2 Å². The van der Waals surface area contributed by atoms with E-state index >= 15 is 0 Å². The van der Waals surface area contributed by atoms with Gasteiger partial charge in [0.15, 0.2) is 0 Å². The zero-order chi connectivity index (χ0) is 7.72. The SMILES string of the molecule is C[C@H]1N[C@@H](CN)[C@H](O)[C@@H]1O. The van der Waals surface area contributed by atoms with Gasteiger partial charge in [0, 0.05) is 18.6 Å². The molecule has 5 N–H and O–H groups in total. The molecule has 0 aliphatic carbocycles. The molecule has 1 heterocycles. The van der Waals surface area contributed by atoms with Crippen molar-refractivity contribution in [2.24, 2.45) is 5.73 Å². The van der Waals surface area contributed by atoms with Gasteiger partial charge in [-0.05, 0) is 6.92 Å². The Balaban J connectivity index is 2.53. The predicted octanol–water partition coefficient (Wildman–Crippen LogP) is -1.97. The van der Waals surface area contributed by atoms with E-state index in [1.807, 2.05) is 6.92 Å². The number of nitrogens with one attached hydrogen (secondary N) is 1. The van der Waals surface area contributed by atoms with Crippen LogP contribution in [0.15, 0.2) is 0 Å². The zero-order valence-electron chi connectivity index (χ0n) is 5.99. The molecule has 1 rings (SSSR count). The van der Waals surface area contributed by atoms with Crippen LogP contribution in [0.4, 0.5) is 0 Å². The fraction of sp³-hybridized carbons (Fsp3) is 1.00. The summed E-state index contributed by atoms with van der Waals surface area (Å²) in [5.41, 5.74) is 5.32. The molecule has 0 unspecified atom stereocenters. The van der Waals surface area contributed by atoms with E-state index in [0.717, 1.165) is 0 Å². The average Bonchev–Trinajstić information content (AvgIpc) is 2.17. The maximum absolute atomic E-state index is 9.24. The quantitative estimate of drug-likeness (QED) is 0.346. The van der Waals surface area contributed by atoms with E-state index in [0.29, 0.717) is 6.54 Å². The van der Waals surface area contributed by atoms with Crippen LogP contribution >= 0.6 is 0 Å². The average molecular weight is 146 g/mol. The van der Waals surface area contributed by atoms with E-state index in [-0.39, 0.29) is 12.1 Å². The Kier molecular flexibility index (Phi) is 2.25. The van der Waals surface area contributed by atoms with Crippen molar-refractivity contribution in [1.29, 1.82) is 0 Å². The number of hydrogen-bond acceptors (Lipinski definition) is 4. The Labute approximate surface area is 60.0 Å². The van der Waals surface area contributed by atoms with E-state index in [1.165, 1.54) is 0 Å². The van der Waals surface area contributed by atoms with Crippen molar-refractivity contribution >= 4 is 0 Å². The van der Waals surface area contributed by atoms with Crippen molar-refractivity contribution in [3.8, 4) is 0 Å². The third-order valence-corrected chi connectivity index (χ3v) is 2.01.